The van der Waals surface area contributed by atoms with Crippen molar-refractivity contribution < 1.29 is 14.3 Å². The molecule has 0 aliphatic carbocycles. The highest BCUT2D eigenvalue weighted by atomic mass is 35.5. The zero-order valence-corrected chi connectivity index (χ0v) is 22.3. The average Bonchev–Trinajstić information content (AvgIpc) is 3.56. The molecule has 0 saturated carbocycles. The molecule has 2 fully saturated rings. The fourth-order valence-corrected chi connectivity index (χ4v) is 6.07. The fourth-order valence-electron chi connectivity index (χ4n) is 4.59. The van der Waals surface area contributed by atoms with Crippen LogP contribution in [-0.4, -0.2) is 65.1 Å². The number of benzene rings is 2. The van der Waals surface area contributed by atoms with E-state index < -0.39 is 0 Å². The standard InChI is InChI=1S/C27H27Cl2N3O3S/c1-30-11-10-19-17-20(6-7-21(19)30)36-23-8-4-18(25(28)26(23)29)5-9-24(33)31-12-14-32(15-13-31)27(34)22-3-2-16-35-22/h4-11,17,22H,2-3,12-16H2,1H3/b9-5+. The molecule has 0 spiro atoms. The predicted molar refractivity (Wildman–Crippen MR) is 145 cm³/mol. The molecule has 3 aromatic rings. The molecule has 0 N–H and O–H groups in total. The zero-order valence-electron chi connectivity index (χ0n) is 20.0. The number of hydrogen-bond acceptors (Lipinski definition) is 4. The van der Waals surface area contributed by atoms with Gasteiger partial charge in [0.2, 0.25) is 5.91 Å². The van der Waals surface area contributed by atoms with Gasteiger partial charge in [-0.05, 0) is 54.8 Å². The lowest BCUT2D eigenvalue weighted by atomic mass is 10.2. The maximum absolute atomic E-state index is 12.7. The van der Waals surface area contributed by atoms with Crippen LogP contribution in [-0.2, 0) is 21.4 Å². The first kappa shape index (κ1) is 25.2. The number of aryl methyl sites for hydroxylation is 1. The molecule has 5 rings (SSSR count). The summed E-state index contributed by atoms with van der Waals surface area (Å²) in [6.07, 6.45) is 6.65. The van der Waals surface area contributed by atoms with Gasteiger partial charge in [-0.3, -0.25) is 9.59 Å². The SMILES string of the molecule is Cn1ccc2cc(Sc3ccc(/C=C/C(=O)N4CCN(C(=O)C5CCCO5)CC4)c(Cl)c3Cl)ccc21. The Morgan fingerprint density at radius 3 is 2.56 bits per heavy atom. The van der Waals surface area contributed by atoms with Crippen molar-refractivity contribution in [1.82, 2.24) is 14.4 Å². The lowest BCUT2D eigenvalue weighted by Crippen LogP contribution is -2.52. The molecule has 6 nitrogen and oxygen atoms in total. The van der Waals surface area contributed by atoms with Gasteiger partial charge in [-0.2, -0.15) is 0 Å². The first-order valence-electron chi connectivity index (χ1n) is 12.0. The van der Waals surface area contributed by atoms with E-state index in [-0.39, 0.29) is 17.9 Å². The van der Waals surface area contributed by atoms with Crippen molar-refractivity contribution in [1.29, 1.82) is 0 Å². The van der Waals surface area contributed by atoms with Crippen molar-refractivity contribution in [2.75, 3.05) is 32.8 Å². The quantitative estimate of drug-likeness (QED) is 0.398. The number of amides is 2. The molecule has 36 heavy (non-hydrogen) atoms. The molecular formula is C27H27Cl2N3O3S. The van der Waals surface area contributed by atoms with Crippen LogP contribution in [0.4, 0.5) is 0 Å². The molecular weight excluding hydrogens is 517 g/mol. The predicted octanol–water partition coefficient (Wildman–Crippen LogP) is 5.50. The Kier molecular flexibility index (Phi) is 7.62. The Morgan fingerprint density at radius 2 is 1.81 bits per heavy atom. The van der Waals surface area contributed by atoms with Crippen molar-refractivity contribution >= 4 is 63.8 Å². The number of aromatic nitrogens is 1. The van der Waals surface area contributed by atoms with Crippen molar-refractivity contribution in [2.45, 2.75) is 28.7 Å². The topological polar surface area (TPSA) is 54.8 Å². The van der Waals surface area contributed by atoms with Crippen LogP contribution in [0.25, 0.3) is 17.0 Å². The van der Waals surface area contributed by atoms with Crippen molar-refractivity contribution in [3.8, 4) is 0 Å². The number of carbonyl (C=O) groups is 2. The Hall–Kier alpha value is -2.45. The van der Waals surface area contributed by atoms with E-state index in [9.17, 15) is 9.59 Å². The van der Waals surface area contributed by atoms with Gasteiger partial charge in [0, 0.05) is 72.8 Å². The highest BCUT2D eigenvalue weighted by molar-refractivity contribution is 7.99. The Balaban J connectivity index is 1.20. The molecule has 0 radical (unpaired) electrons. The van der Waals surface area contributed by atoms with E-state index in [1.54, 1.807) is 27.6 Å². The van der Waals surface area contributed by atoms with Crippen LogP contribution in [0.5, 0.6) is 0 Å². The minimum atomic E-state index is -0.318. The zero-order chi connectivity index (χ0) is 25.2. The van der Waals surface area contributed by atoms with Crippen LogP contribution >= 0.6 is 35.0 Å². The van der Waals surface area contributed by atoms with E-state index in [1.807, 2.05) is 25.4 Å². The van der Waals surface area contributed by atoms with Crippen LogP contribution in [0.1, 0.15) is 18.4 Å². The first-order valence-corrected chi connectivity index (χ1v) is 13.6. The van der Waals surface area contributed by atoms with Gasteiger partial charge in [0.15, 0.2) is 0 Å². The third kappa shape index (κ3) is 5.30. The van der Waals surface area contributed by atoms with Gasteiger partial charge in [0.05, 0.1) is 10.0 Å². The lowest BCUT2D eigenvalue weighted by molar-refractivity contribution is -0.144. The summed E-state index contributed by atoms with van der Waals surface area (Å²) in [7, 11) is 2.02. The maximum Gasteiger partial charge on any atom is 0.251 e. The van der Waals surface area contributed by atoms with E-state index >= 15 is 0 Å². The average molecular weight is 545 g/mol. The molecule has 3 heterocycles. The Bertz CT molecular complexity index is 1330. The Labute approximate surface area is 224 Å². The van der Waals surface area contributed by atoms with Gasteiger partial charge in [-0.25, -0.2) is 0 Å². The van der Waals surface area contributed by atoms with Gasteiger partial charge >= 0.3 is 0 Å². The van der Waals surface area contributed by atoms with Crippen LogP contribution in [0, 0.1) is 0 Å². The summed E-state index contributed by atoms with van der Waals surface area (Å²) in [5.74, 6) is -0.0702. The van der Waals surface area contributed by atoms with Gasteiger partial charge in [-0.15, -0.1) is 0 Å². The molecule has 1 aromatic heterocycles. The molecule has 2 amide bonds. The summed E-state index contributed by atoms with van der Waals surface area (Å²) in [4.78, 5) is 30.7. The second-order valence-corrected chi connectivity index (χ2v) is 10.9. The molecule has 2 aliphatic rings. The first-order chi connectivity index (χ1) is 17.4. The monoisotopic (exact) mass is 543 g/mol. The highest BCUT2D eigenvalue weighted by Crippen LogP contribution is 2.40. The van der Waals surface area contributed by atoms with Gasteiger partial charge in [0.1, 0.15) is 6.10 Å². The number of piperazine rings is 1. The molecule has 188 valence electrons. The molecule has 2 saturated heterocycles. The van der Waals surface area contributed by atoms with Crippen LogP contribution in [0.3, 0.4) is 0 Å². The number of rotatable bonds is 5. The third-order valence-corrected chi connectivity index (χ3v) is 8.73. The maximum atomic E-state index is 12.7. The summed E-state index contributed by atoms with van der Waals surface area (Å²) < 4.78 is 7.59. The Morgan fingerprint density at radius 1 is 1.03 bits per heavy atom. The molecule has 1 unspecified atom stereocenters. The van der Waals surface area contributed by atoms with Gasteiger partial charge < -0.3 is 19.1 Å². The van der Waals surface area contributed by atoms with E-state index in [1.165, 1.54) is 17.0 Å². The van der Waals surface area contributed by atoms with E-state index in [0.29, 0.717) is 48.4 Å². The normalized spacial score (nSPS) is 18.5. The van der Waals surface area contributed by atoms with Crippen LogP contribution in [0.15, 0.2) is 58.5 Å². The highest BCUT2D eigenvalue weighted by Gasteiger charge is 2.31. The minimum Gasteiger partial charge on any atom is -0.368 e. The smallest absolute Gasteiger partial charge is 0.251 e. The fraction of sp³-hybridized carbons (Fsp3) is 0.333. The summed E-state index contributed by atoms with van der Waals surface area (Å²) in [6, 6.07) is 12.2. The molecule has 9 heteroatoms. The summed E-state index contributed by atoms with van der Waals surface area (Å²) in [6.45, 7) is 2.68. The molecule has 2 aromatic carbocycles. The second-order valence-electron chi connectivity index (χ2n) is 9.02. The molecule has 2 aliphatic heterocycles. The lowest BCUT2D eigenvalue weighted by Gasteiger charge is -2.35. The minimum absolute atomic E-state index is 0.0400. The number of ether oxygens (including phenoxy) is 1. The number of halogens is 2. The van der Waals surface area contributed by atoms with Gasteiger partial charge in [-0.1, -0.05) is 41.0 Å². The van der Waals surface area contributed by atoms with Crippen molar-refractivity contribution in [2.24, 2.45) is 7.05 Å². The number of nitrogens with zero attached hydrogens (tertiary/aromatic N) is 3. The molecule has 1 atom stereocenters. The summed E-state index contributed by atoms with van der Waals surface area (Å²) in [5.41, 5.74) is 1.86. The number of carbonyl (C=O) groups excluding carboxylic acids is 2. The van der Waals surface area contributed by atoms with Crippen LogP contribution < -0.4 is 0 Å². The van der Waals surface area contributed by atoms with Crippen molar-refractivity contribution in [3.05, 3.63) is 64.3 Å². The van der Waals surface area contributed by atoms with E-state index in [0.717, 1.165) is 22.6 Å². The summed E-state index contributed by atoms with van der Waals surface area (Å²) in [5, 5.41) is 2.05. The number of fused-ring (bicyclic) bond motifs is 1. The number of hydrogen-bond donors (Lipinski definition) is 0. The second kappa shape index (κ2) is 10.9. The largest absolute Gasteiger partial charge is 0.368 e. The van der Waals surface area contributed by atoms with E-state index in [4.69, 9.17) is 27.9 Å². The van der Waals surface area contributed by atoms with E-state index in [2.05, 4.69) is 28.8 Å². The molecule has 0 bridgehead atoms. The van der Waals surface area contributed by atoms with Gasteiger partial charge in [0.25, 0.3) is 5.91 Å². The third-order valence-electron chi connectivity index (χ3n) is 6.67. The van der Waals surface area contributed by atoms with Crippen LogP contribution in [0.2, 0.25) is 10.0 Å². The van der Waals surface area contributed by atoms with Crippen molar-refractivity contribution in [3.63, 3.8) is 0 Å². The summed E-state index contributed by atoms with van der Waals surface area (Å²) >= 11 is 14.7.